The lowest BCUT2D eigenvalue weighted by Crippen LogP contribution is -2.53. The first-order valence-electron chi connectivity index (χ1n) is 17.5. The van der Waals surface area contributed by atoms with E-state index in [0.717, 1.165) is 53.5 Å². The standard InChI is InChI=1S/C42H50O4Si/c1-40(2,3)47(4,5)46-38-26-17-25-37(44)41(38)28-27-31-30-36(43)35(39(31)41)24-15-16-29-45-42(32-18-9-6-10-19-32,33-20-11-7-12-21-33)34-22-13-8-14-23-34/h6-15,18-24,31,38H,16-17,25-30H2,1-5H3/b24-15-/t31-,38-,41+/m0/s1. The molecule has 0 N–H and O–H groups in total. The minimum Gasteiger partial charge on any atom is -0.413 e. The van der Waals surface area contributed by atoms with Crippen LogP contribution in [0.15, 0.2) is 114 Å². The molecule has 0 aliphatic heterocycles. The number of rotatable bonds is 10. The second-order valence-electron chi connectivity index (χ2n) is 15.2. The molecule has 3 atom stereocenters. The average molecular weight is 647 g/mol. The van der Waals surface area contributed by atoms with E-state index < -0.39 is 19.3 Å². The molecule has 1 spiro atoms. The highest BCUT2D eigenvalue weighted by molar-refractivity contribution is 6.74. The summed E-state index contributed by atoms with van der Waals surface area (Å²) in [6.45, 7) is 11.8. The largest absolute Gasteiger partial charge is 0.413 e. The Bertz CT molecular complexity index is 1540. The van der Waals surface area contributed by atoms with Crippen molar-refractivity contribution in [3.05, 3.63) is 131 Å². The molecule has 0 saturated heterocycles. The normalized spacial score (nSPS) is 23.7. The molecule has 0 radical (unpaired) electrons. The monoisotopic (exact) mass is 646 g/mol. The van der Waals surface area contributed by atoms with Crippen molar-refractivity contribution in [2.75, 3.05) is 6.61 Å². The van der Waals surface area contributed by atoms with Gasteiger partial charge in [0.2, 0.25) is 0 Å². The molecule has 47 heavy (non-hydrogen) atoms. The molecule has 0 amide bonds. The first-order chi connectivity index (χ1) is 22.5. The van der Waals surface area contributed by atoms with Crippen molar-refractivity contribution < 1.29 is 18.8 Å². The summed E-state index contributed by atoms with van der Waals surface area (Å²) in [5.41, 5.74) is 3.59. The summed E-state index contributed by atoms with van der Waals surface area (Å²) in [7, 11) is -2.13. The van der Waals surface area contributed by atoms with Gasteiger partial charge in [0.05, 0.1) is 18.1 Å². The molecule has 5 heteroatoms. The van der Waals surface area contributed by atoms with E-state index >= 15 is 0 Å². The van der Waals surface area contributed by atoms with E-state index in [-0.39, 0.29) is 28.6 Å². The van der Waals surface area contributed by atoms with Crippen LogP contribution in [0.25, 0.3) is 0 Å². The summed E-state index contributed by atoms with van der Waals surface area (Å²) in [5.74, 6) is 0.595. The van der Waals surface area contributed by atoms with Crippen LogP contribution in [0.3, 0.4) is 0 Å². The van der Waals surface area contributed by atoms with E-state index in [1.807, 2.05) is 24.3 Å². The van der Waals surface area contributed by atoms with Crippen LogP contribution in [-0.4, -0.2) is 32.6 Å². The topological polar surface area (TPSA) is 52.6 Å². The summed E-state index contributed by atoms with van der Waals surface area (Å²) in [4.78, 5) is 27.6. The van der Waals surface area contributed by atoms with Crippen LogP contribution >= 0.6 is 0 Å². The van der Waals surface area contributed by atoms with Crippen LogP contribution in [0.5, 0.6) is 0 Å². The number of Topliss-reactive ketones (excluding diaryl/α,β-unsaturated/α-hetero) is 2. The summed E-state index contributed by atoms with van der Waals surface area (Å²) < 4.78 is 14.1. The SMILES string of the molecule is CC(C)(C)[Si](C)(C)O[C@H]1CCCC(=O)[C@]12CC[C@H]1CC(=O)C(/C=C\CCOC(c3ccccc3)(c3ccccc3)c3ccccc3)=C12. The highest BCUT2D eigenvalue weighted by Gasteiger charge is 2.60. The first-order valence-corrected chi connectivity index (χ1v) is 20.4. The van der Waals surface area contributed by atoms with Gasteiger partial charge < -0.3 is 9.16 Å². The van der Waals surface area contributed by atoms with Gasteiger partial charge in [0.25, 0.3) is 0 Å². The molecule has 0 aromatic heterocycles. The molecule has 246 valence electrons. The van der Waals surface area contributed by atoms with Gasteiger partial charge in [-0.15, -0.1) is 0 Å². The lowest BCUT2D eigenvalue weighted by Gasteiger charge is -2.47. The third kappa shape index (κ3) is 6.07. The Labute approximate surface area is 282 Å². The average Bonchev–Trinajstić information content (AvgIpc) is 3.58. The number of ether oxygens (including phenoxy) is 1. The summed E-state index contributed by atoms with van der Waals surface area (Å²) in [6.07, 6.45) is 9.09. The molecule has 0 unspecified atom stereocenters. The van der Waals surface area contributed by atoms with Crippen molar-refractivity contribution in [1.82, 2.24) is 0 Å². The quantitative estimate of drug-likeness (QED) is 0.125. The van der Waals surface area contributed by atoms with Gasteiger partial charge in [0.15, 0.2) is 14.1 Å². The number of hydrogen-bond acceptors (Lipinski definition) is 4. The summed E-state index contributed by atoms with van der Waals surface area (Å²) >= 11 is 0. The second-order valence-corrected chi connectivity index (χ2v) is 19.9. The zero-order chi connectivity index (χ0) is 33.3. The minimum absolute atomic E-state index is 0.0454. The van der Waals surface area contributed by atoms with Crippen LogP contribution in [0, 0.1) is 11.3 Å². The van der Waals surface area contributed by atoms with Gasteiger partial charge in [-0.05, 0) is 78.4 Å². The Kier molecular flexibility index (Phi) is 9.45. The molecule has 3 aliphatic carbocycles. The van der Waals surface area contributed by atoms with Gasteiger partial charge in [-0.3, -0.25) is 9.59 Å². The van der Waals surface area contributed by atoms with Crippen molar-refractivity contribution in [1.29, 1.82) is 0 Å². The fourth-order valence-corrected chi connectivity index (χ4v) is 9.42. The van der Waals surface area contributed by atoms with Crippen molar-refractivity contribution in [2.45, 2.75) is 95.6 Å². The number of hydrogen-bond donors (Lipinski definition) is 0. The number of benzene rings is 3. The van der Waals surface area contributed by atoms with Gasteiger partial charge in [-0.1, -0.05) is 124 Å². The predicted molar refractivity (Wildman–Crippen MR) is 192 cm³/mol. The maximum absolute atomic E-state index is 14.0. The Morgan fingerprint density at radius 1 is 0.830 bits per heavy atom. The number of carbonyl (C=O) groups excluding carboxylic acids is 2. The fraction of sp³-hybridized carbons (Fsp3) is 0.429. The lowest BCUT2D eigenvalue weighted by molar-refractivity contribution is -0.135. The Hall–Kier alpha value is -3.38. The molecule has 3 aromatic carbocycles. The molecule has 2 saturated carbocycles. The van der Waals surface area contributed by atoms with Crippen LogP contribution in [0.2, 0.25) is 18.1 Å². The van der Waals surface area contributed by atoms with Crippen LogP contribution in [-0.2, 0) is 24.4 Å². The molecule has 2 fully saturated rings. The second kappa shape index (κ2) is 13.3. The molecular weight excluding hydrogens is 597 g/mol. The maximum Gasteiger partial charge on any atom is 0.192 e. The molecular formula is C42H50O4Si. The number of fused-ring (bicyclic) bond motifs is 2. The number of carbonyl (C=O) groups is 2. The summed E-state index contributed by atoms with van der Waals surface area (Å²) in [5, 5.41) is 0.0454. The maximum atomic E-state index is 14.0. The van der Waals surface area contributed by atoms with Crippen molar-refractivity contribution >= 4 is 19.9 Å². The first kappa shape index (κ1) is 33.5. The molecule has 3 aromatic rings. The summed E-state index contributed by atoms with van der Waals surface area (Å²) in [6, 6.07) is 31.2. The number of ketones is 2. The van der Waals surface area contributed by atoms with Crippen LogP contribution in [0.1, 0.15) is 82.4 Å². The Balaban J connectivity index is 1.30. The van der Waals surface area contributed by atoms with E-state index in [1.165, 1.54) is 0 Å². The Morgan fingerprint density at radius 2 is 1.38 bits per heavy atom. The smallest absolute Gasteiger partial charge is 0.192 e. The molecule has 4 nitrogen and oxygen atoms in total. The highest BCUT2D eigenvalue weighted by atomic mass is 28.4. The van der Waals surface area contributed by atoms with Gasteiger partial charge >= 0.3 is 0 Å². The minimum atomic E-state index is -2.13. The van der Waals surface area contributed by atoms with Gasteiger partial charge in [-0.2, -0.15) is 0 Å². The zero-order valence-electron chi connectivity index (χ0n) is 28.8. The Morgan fingerprint density at radius 3 is 1.91 bits per heavy atom. The van der Waals surface area contributed by atoms with E-state index in [9.17, 15) is 9.59 Å². The van der Waals surface area contributed by atoms with Crippen molar-refractivity contribution in [2.24, 2.45) is 11.3 Å². The van der Waals surface area contributed by atoms with E-state index in [4.69, 9.17) is 9.16 Å². The highest BCUT2D eigenvalue weighted by Crippen LogP contribution is 2.60. The third-order valence-electron chi connectivity index (χ3n) is 11.4. The zero-order valence-corrected chi connectivity index (χ0v) is 29.8. The van der Waals surface area contributed by atoms with Crippen LogP contribution < -0.4 is 0 Å². The molecule has 3 aliphatic rings. The number of allylic oxidation sites excluding steroid dienone is 2. The van der Waals surface area contributed by atoms with E-state index in [0.29, 0.717) is 25.9 Å². The molecule has 0 bridgehead atoms. The van der Waals surface area contributed by atoms with Crippen LogP contribution in [0.4, 0.5) is 0 Å². The van der Waals surface area contributed by atoms with E-state index in [1.54, 1.807) is 0 Å². The predicted octanol–water partition coefficient (Wildman–Crippen LogP) is 9.75. The molecule has 0 heterocycles. The third-order valence-corrected chi connectivity index (χ3v) is 15.9. The fourth-order valence-electron chi connectivity index (χ4n) is 8.04. The molecule has 6 rings (SSSR count). The van der Waals surface area contributed by atoms with E-state index in [2.05, 4.69) is 113 Å². The van der Waals surface area contributed by atoms with Gasteiger partial charge in [0.1, 0.15) is 11.4 Å². The van der Waals surface area contributed by atoms with Gasteiger partial charge in [-0.25, -0.2) is 0 Å². The van der Waals surface area contributed by atoms with Crippen molar-refractivity contribution in [3.63, 3.8) is 0 Å². The van der Waals surface area contributed by atoms with Gasteiger partial charge in [0, 0.05) is 18.4 Å². The van der Waals surface area contributed by atoms with Crippen molar-refractivity contribution in [3.8, 4) is 0 Å². The lowest BCUT2D eigenvalue weighted by atomic mass is 9.66.